The first-order chi connectivity index (χ1) is 5.58. The van der Waals surface area contributed by atoms with Crippen LogP contribution in [0.4, 0.5) is 5.69 Å². The van der Waals surface area contributed by atoms with Gasteiger partial charge in [0.15, 0.2) is 0 Å². The minimum absolute atomic E-state index is 1.06. The van der Waals surface area contributed by atoms with Crippen LogP contribution in [0.25, 0.3) is 0 Å². The zero-order valence-electron chi connectivity index (χ0n) is 8.18. The van der Waals surface area contributed by atoms with Gasteiger partial charge in [-0.3, -0.25) is 4.99 Å². The Labute approximate surface area is 74.2 Å². The maximum absolute atomic E-state index is 4.40. The number of aryl methyl sites for hydroxylation is 2. The molecule has 0 aliphatic carbocycles. The Kier molecular flexibility index (Phi) is 2.64. The summed E-state index contributed by atoms with van der Waals surface area (Å²) in [7, 11) is 0. The van der Waals surface area contributed by atoms with Gasteiger partial charge in [-0.15, -0.1) is 0 Å². The van der Waals surface area contributed by atoms with Crippen molar-refractivity contribution >= 4 is 11.4 Å². The zero-order chi connectivity index (χ0) is 9.14. The molecule has 1 aromatic carbocycles. The minimum Gasteiger partial charge on any atom is -0.258 e. The summed E-state index contributed by atoms with van der Waals surface area (Å²) in [5.74, 6) is 0. The Balaban J connectivity index is 3.09. The van der Waals surface area contributed by atoms with E-state index in [1.807, 2.05) is 13.8 Å². The lowest BCUT2D eigenvalue weighted by atomic mass is 10.1. The van der Waals surface area contributed by atoms with Crippen molar-refractivity contribution < 1.29 is 0 Å². The average Bonchev–Trinajstić information content (AvgIpc) is 1.81. The van der Waals surface area contributed by atoms with Crippen molar-refractivity contribution in [1.29, 1.82) is 0 Å². The smallest absolute Gasteiger partial charge is 0.0634 e. The van der Waals surface area contributed by atoms with Crippen molar-refractivity contribution in [3.8, 4) is 0 Å². The van der Waals surface area contributed by atoms with E-state index < -0.39 is 0 Å². The molecular weight excluding hydrogens is 146 g/mol. The lowest BCUT2D eigenvalue weighted by Crippen LogP contribution is -1.80. The molecule has 0 spiro atoms. The minimum atomic E-state index is 1.06. The fourth-order valence-electron chi connectivity index (χ4n) is 1.27. The van der Waals surface area contributed by atoms with Crippen LogP contribution < -0.4 is 0 Å². The quantitative estimate of drug-likeness (QED) is 0.560. The molecule has 12 heavy (non-hydrogen) atoms. The number of benzene rings is 1. The second kappa shape index (κ2) is 3.53. The van der Waals surface area contributed by atoms with Crippen molar-refractivity contribution in [1.82, 2.24) is 0 Å². The topological polar surface area (TPSA) is 12.4 Å². The fourth-order valence-corrected chi connectivity index (χ4v) is 1.27. The van der Waals surface area contributed by atoms with Crippen LogP contribution in [-0.4, -0.2) is 5.71 Å². The Morgan fingerprint density at radius 1 is 1.00 bits per heavy atom. The zero-order valence-corrected chi connectivity index (χ0v) is 8.18. The maximum Gasteiger partial charge on any atom is 0.0634 e. The lowest BCUT2D eigenvalue weighted by molar-refractivity contribution is 1.35. The molecule has 0 unspecified atom stereocenters. The SMILES string of the molecule is CC(C)=Nc1cc(C)cc(C)c1. The van der Waals surface area contributed by atoms with Gasteiger partial charge in [-0.1, -0.05) is 6.07 Å². The molecule has 0 radical (unpaired) electrons. The number of hydrogen-bond acceptors (Lipinski definition) is 1. The Morgan fingerprint density at radius 3 is 1.92 bits per heavy atom. The lowest BCUT2D eigenvalue weighted by Gasteiger charge is -1.99. The largest absolute Gasteiger partial charge is 0.258 e. The molecule has 0 fully saturated rings. The monoisotopic (exact) mass is 161 g/mol. The highest BCUT2D eigenvalue weighted by Gasteiger charge is 1.92. The summed E-state index contributed by atoms with van der Waals surface area (Å²) >= 11 is 0. The third kappa shape index (κ3) is 2.50. The Bertz CT molecular complexity index is 287. The number of rotatable bonds is 1. The van der Waals surface area contributed by atoms with Crippen molar-refractivity contribution in [3.05, 3.63) is 29.3 Å². The van der Waals surface area contributed by atoms with Gasteiger partial charge >= 0.3 is 0 Å². The van der Waals surface area contributed by atoms with E-state index >= 15 is 0 Å². The predicted molar refractivity (Wildman–Crippen MR) is 54.4 cm³/mol. The van der Waals surface area contributed by atoms with Crippen LogP contribution in [-0.2, 0) is 0 Å². The van der Waals surface area contributed by atoms with Crippen LogP contribution in [0.5, 0.6) is 0 Å². The molecule has 1 rings (SSSR count). The van der Waals surface area contributed by atoms with Crippen molar-refractivity contribution in [2.75, 3.05) is 0 Å². The molecular formula is C11H15N. The van der Waals surface area contributed by atoms with Crippen LogP contribution in [0.1, 0.15) is 25.0 Å². The van der Waals surface area contributed by atoms with Crippen molar-refractivity contribution in [2.45, 2.75) is 27.7 Å². The van der Waals surface area contributed by atoms with Gasteiger partial charge in [0.2, 0.25) is 0 Å². The molecule has 0 atom stereocenters. The van der Waals surface area contributed by atoms with E-state index in [1.165, 1.54) is 11.1 Å². The number of nitrogens with zero attached hydrogens (tertiary/aromatic N) is 1. The normalized spacial score (nSPS) is 9.67. The molecule has 1 heteroatoms. The molecule has 0 aliphatic rings. The van der Waals surface area contributed by atoms with Gasteiger partial charge in [0.1, 0.15) is 0 Å². The highest BCUT2D eigenvalue weighted by molar-refractivity contribution is 5.82. The molecule has 0 amide bonds. The maximum atomic E-state index is 4.40. The van der Waals surface area contributed by atoms with E-state index in [2.05, 4.69) is 37.0 Å². The summed E-state index contributed by atoms with van der Waals surface area (Å²) in [6.07, 6.45) is 0. The molecule has 0 N–H and O–H groups in total. The molecule has 0 aliphatic heterocycles. The first kappa shape index (κ1) is 8.98. The second-order valence-electron chi connectivity index (χ2n) is 3.40. The first-order valence-electron chi connectivity index (χ1n) is 4.18. The summed E-state index contributed by atoms with van der Waals surface area (Å²) in [6.45, 7) is 8.21. The Morgan fingerprint density at radius 2 is 1.50 bits per heavy atom. The summed E-state index contributed by atoms with van der Waals surface area (Å²) in [4.78, 5) is 4.40. The number of aliphatic imine (C=N–C) groups is 1. The van der Waals surface area contributed by atoms with Crippen LogP contribution in [0.15, 0.2) is 23.2 Å². The number of hydrogen-bond donors (Lipinski definition) is 0. The van der Waals surface area contributed by atoms with Crippen LogP contribution in [0, 0.1) is 13.8 Å². The van der Waals surface area contributed by atoms with Gasteiger partial charge in [0.05, 0.1) is 5.69 Å². The molecule has 0 aromatic heterocycles. The van der Waals surface area contributed by atoms with Gasteiger partial charge in [0, 0.05) is 5.71 Å². The van der Waals surface area contributed by atoms with Crippen LogP contribution in [0.3, 0.4) is 0 Å². The van der Waals surface area contributed by atoms with Gasteiger partial charge in [0.25, 0.3) is 0 Å². The van der Waals surface area contributed by atoms with Gasteiger partial charge in [-0.2, -0.15) is 0 Å². The molecule has 0 bridgehead atoms. The summed E-state index contributed by atoms with van der Waals surface area (Å²) in [5.41, 5.74) is 4.71. The van der Waals surface area contributed by atoms with E-state index in [9.17, 15) is 0 Å². The van der Waals surface area contributed by atoms with Crippen molar-refractivity contribution in [3.63, 3.8) is 0 Å². The summed E-state index contributed by atoms with van der Waals surface area (Å²) < 4.78 is 0. The van der Waals surface area contributed by atoms with E-state index in [0.29, 0.717) is 0 Å². The van der Waals surface area contributed by atoms with Gasteiger partial charge in [-0.25, -0.2) is 0 Å². The first-order valence-corrected chi connectivity index (χ1v) is 4.18. The average molecular weight is 161 g/mol. The third-order valence-electron chi connectivity index (χ3n) is 1.56. The summed E-state index contributed by atoms with van der Waals surface area (Å²) in [5, 5.41) is 0. The molecule has 0 heterocycles. The van der Waals surface area contributed by atoms with E-state index in [1.54, 1.807) is 0 Å². The fraction of sp³-hybridized carbons (Fsp3) is 0.364. The highest BCUT2D eigenvalue weighted by atomic mass is 14.7. The van der Waals surface area contributed by atoms with Gasteiger partial charge in [-0.05, 0) is 51.0 Å². The Hall–Kier alpha value is -1.11. The molecule has 1 nitrogen and oxygen atoms in total. The summed E-state index contributed by atoms with van der Waals surface area (Å²) in [6, 6.07) is 6.35. The molecule has 0 saturated heterocycles. The van der Waals surface area contributed by atoms with Crippen LogP contribution in [0.2, 0.25) is 0 Å². The third-order valence-corrected chi connectivity index (χ3v) is 1.56. The van der Waals surface area contributed by atoms with E-state index in [-0.39, 0.29) is 0 Å². The highest BCUT2D eigenvalue weighted by Crippen LogP contribution is 2.16. The van der Waals surface area contributed by atoms with E-state index in [0.717, 1.165) is 11.4 Å². The standard InChI is InChI=1S/C11H15N/c1-8(2)12-11-6-9(3)5-10(4)7-11/h5-7H,1-4H3. The predicted octanol–water partition coefficient (Wildman–Crippen LogP) is 3.42. The van der Waals surface area contributed by atoms with Crippen molar-refractivity contribution in [2.24, 2.45) is 4.99 Å². The molecule has 1 aromatic rings. The molecule has 64 valence electrons. The van der Waals surface area contributed by atoms with Gasteiger partial charge < -0.3 is 0 Å². The van der Waals surface area contributed by atoms with E-state index in [4.69, 9.17) is 0 Å². The molecule has 0 saturated carbocycles. The van der Waals surface area contributed by atoms with Crippen LogP contribution >= 0.6 is 0 Å². The second-order valence-corrected chi connectivity index (χ2v) is 3.40.